The standard InChI is InChI=1S/C17H19ClN4O4/c18-12-9-14-13(25-5-6-26-14)7-10(12)8-16(23)19-11-1-2-15-20-21-17(24)22(15)4-3-11/h7,9,11H,1-6,8H2,(H,19,23)(H,21,24). The summed E-state index contributed by atoms with van der Waals surface area (Å²) in [7, 11) is 0. The van der Waals surface area contributed by atoms with Crippen LogP contribution in [0.4, 0.5) is 0 Å². The largest absolute Gasteiger partial charge is 0.486 e. The van der Waals surface area contributed by atoms with E-state index in [1.165, 1.54) is 0 Å². The molecule has 2 N–H and O–H groups in total. The van der Waals surface area contributed by atoms with Gasteiger partial charge < -0.3 is 14.8 Å². The molecular weight excluding hydrogens is 360 g/mol. The van der Waals surface area contributed by atoms with Gasteiger partial charge >= 0.3 is 5.69 Å². The number of aromatic amines is 1. The minimum Gasteiger partial charge on any atom is -0.486 e. The molecule has 0 saturated heterocycles. The summed E-state index contributed by atoms with van der Waals surface area (Å²) in [4.78, 5) is 24.1. The van der Waals surface area contributed by atoms with E-state index in [1.54, 1.807) is 16.7 Å². The molecule has 2 aromatic rings. The van der Waals surface area contributed by atoms with Crippen molar-refractivity contribution in [3.8, 4) is 11.5 Å². The first-order valence-corrected chi connectivity index (χ1v) is 8.99. The third-order valence-electron chi connectivity index (χ3n) is 4.68. The van der Waals surface area contributed by atoms with Crippen LogP contribution in [0.5, 0.6) is 11.5 Å². The smallest absolute Gasteiger partial charge is 0.343 e. The Morgan fingerprint density at radius 1 is 1.31 bits per heavy atom. The van der Waals surface area contributed by atoms with E-state index in [0.29, 0.717) is 54.7 Å². The van der Waals surface area contributed by atoms with Gasteiger partial charge in [-0.3, -0.25) is 9.36 Å². The van der Waals surface area contributed by atoms with Crippen molar-refractivity contribution in [2.75, 3.05) is 13.2 Å². The second-order valence-corrected chi connectivity index (χ2v) is 6.86. The molecule has 1 atom stereocenters. The number of amides is 1. The van der Waals surface area contributed by atoms with Crippen LogP contribution in [0.3, 0.4) is 0 Å². The summed E-state index contributed by atoms with van der Waals surface area (Å²) in [6.45, 7) is 1.52. The maximum atomic E-state index is 12.5. The average Bonchev–Trinajstić information content (AvgIpc) is 2.85. The van der Waals surface area contributed by atoms with Gasteiger partial charge in [0, 0.05) is 30.1 Å². The third kappa shape index (κ3) is 3.41. The molecule has 1 amide bonds. The van der Waals surface area contributed by atoms with Crippen molar-refractivity contribution in [2.45, 2.75) is 38.3 Å². The van der Waals surface area contributed by atoms with Gasteiger partial charge in [0.15, 0.2) is 11.5 Å². The number of fused-ring (bicyclic) bond motifs is 2. The molecule has 9 heteroatoms. The number of rotatable bonds is 3. The van der Waals surface area contributed by atoms with E-state index in [2.05, 4.69) is 15.5 Å². The van der Waals surface area contributed by atoms with Gasteiger partial charge in [0.05, 0.1) is 6.42 Å². The number of nitrogens with one attached hydrogen (secondary N) is 2. The predicted molar refractivity (Wildman–Crippen MR) is 93.9 cm³/mol. The number of hydrogen-bond donors (Lipinski definition) is 2. The first-order valence-electron chi connectivity index (χ1n) is 8.61. The van der Waals surface area contributed by atoms with Gasteiger partial charge in [-0.15, -0.1) is 0 Å². The number of ether oxygens (including phenoxy) is 2. The molecule has 1 aromatic heterocycles. The lowest BCUT2D eigenvalue weighted by molar-refractivity contribution is -0.121. The summed E-state index contributed by atoms with van der Waals surface area (Å²) in [6, 6.07) is 3.45. The van der Waals surface area contributed by atoms with E-state index in [0.717, 1.165) is 12.2 Å². The number of carbonyl (C=O) groups is 1. The molecule has 138 valence electrons. The summed E-state index contributed by atoms with van der Waals surface area (Å²) in [5.74, 6) is 1.85. The van der Waals surface area contributed by atoms with E-state index in [9.17, 15) is 9.59 Å². The number of nitrogens with zero attached hydrogens (tertiary/aromatic N) is 2. The van der Waals surface area contributed by atoms with Gasteiger partial charge in [0.2, 0.25) is 5.91 Å². The fraction of sp³-hybridized carbons (Fsp3) is 0.471. The first-order chi connectivity index (χ1) is 12.6. The highest BCUT2D eigenvalue weighted by Gasteiger charge is 2.21. The second kappa shape index (κ2) is 7.03. The van der Waals surface area contributed by atoms with Crippen molar-refractivity contribution in [1.82, 2.24) is 20.1 Å². The summed E-state index contributed by atoms with van der Waals surface area (Å²) >= 11 is 6.27. The van der Waals surface area contributed by atoms with Gasteiger partial charge in [-0.05, 0) is 24.5 Å². The second-order valence-electron chi connectivity index (χ2n) is 6.45. The Labute approximate surface area is 154 Å². The van der Waals surface area contributed by atoms with Crippen molar-refractivity contribution in [2.24, 2.45) is 0 Å². The Hall–Kier alpha value is -2.48. The quantitative estimate of drug-likeness (QED) is 0.832. The van der Waals surface area contributed by atoms with Crippen LogP contribution in [-0.4, -0.2) is 39.9 Å². The summed E-state index contributed by atoms with van der Waals surface area (Å²) in [6.07, 6.45) is 2.24. The molecule has 0 aliphatic carbocycles. The highest BCUT2D eigenvalue weighted by atomic mass is 35.5. The zero-order chi connectivity index (χ0) is 18.1. The number of H-pyrrole nitrogens is 1. The van der Waals surface area contributed by atoms with Crippen LogP contribution < -0.4 is 20.5 Å². The molecule has 1 aromatic carbocycles. The highest BCUT2D eigenvalue weighted by molar-refractivity contribution is 6.31. The molecule has 2 aliphatic heterocycles. The molecular formula is C17H19ClN4O4. The number of aryl methyl sites for hydroxylation is 1. The van der Waals surface area contributed by atoms with Crippen LogP contribution in [0.2, 0.25) is 5.02 Å². The van der Waals surface area contributed by atoms with Crippen LogP contribution in [0, 0.1) is 0 Å². The minimum atomic E-state index is -0.199. The van der Waals surface area contributed by atoms with Crippen molar-refractivity contribution >= 4 is 17.5 Å². The third-order valence-corrected chi connectivity index (χ3v) is 5.03. The van der Waals surface area contributed by atoms with Crippen molar-refractivity contribution in [3.63, 3.8) is 0 Å². The number of halogens is 1. The van der Waals surface area contributed by atoms with E-state index in [-0.39, 0.29) is 24.1 Å². The first kappa shape index (κ1) is 17.0. The van der Waals surface area contributed by atoms with Gasteiger partial charge in [0.25, 0.3) is 0 Å². The number of aromatic nitrogens is 3. The molecule has 4 rings (SSSR count). The Morgan fingerprint density at radius 3 is 2.88 bits per heavy atom. The maximum absolute atomic E-state index is 12.5. The average molecular weight is 379 g/mol. The number of carbonyl (C=O) groups excluding carboxylic acids is 1. The van der Waals surface area contributed by atoms with Gasteiger partial charge in [-0.25, -0.2) is 9.89 Å². The fourth-order valence-electron chi connectivity index (χ4n) is 3.34. The molecule has 0 saturated carbocycles. The van der Waals surface area contributed by atoms with Crippen LogP contribution in [0.1, 0.15) is 24.2 Å². The predicted octanol–water partition coefficient (Wildman–Crippen LogP) is 1.06. The van der Waals surface area contributed by atoms with Crippen LogP contribution in [0.15, 0.2) is 16.9 Å². The Balaban J connectivity index is 1.39. The normalized spacial score (nSPS) is 18.7. The Kier molecular flexibility index (Phi) is 4.58. The van der Waals surface area contributed by atoms with E-state index < -0.39 is 0 Å². The summed E-state index contributed by atoms with van der Waals surface area (Å²) < 4.78 is 12.7. The molecule has 0 spiro atoms. The Bertz CT molecular complexity index is 891. The van der Waals surface area contributed by atoms with E-state index in [1.807, 2.05) is 0 Å². The molecule has 2 aliphatic rings. The van der Waals surface area contributed by atoms with Crippen LogP contribution in [0.25, 0.3) is 0 Å². The number of hydrogen-bond acceptors (Lipinski definition) is 5. The molecule has 3 heterocycles. The van der Waals surface area contributed by atoms with Crippen molar-refractivity contribution in [3.05, 3.63) is 39.0 Å². The summed E-state index contributed by atoms with van der Waals surface area (Å²) in [5, 5.41) is 10.00. The topological polar surface area (TPSA) is 98.2 Å². The SMILES string of the molecule is O=C(Cc1cc2c(cc1Cl)OCCO2)NC1CCc2n[nH]c(=O)n2CC1. The lowest BCUT2D eigenvalue weighted by Crippen LogP contribution is -2.36. The van der Waals surface area contributed by atoms with Crippen molar-refractivity contribution in [1.29, 1.82) is 0 Å². The zero-order valence-electron chi connectivity index (χ0n) is 14.1. The van der Waals surface area contributed by atoms with E-state index >= 15 is 0 Å². The zero-order valence-corrected chi connectivity index (χ0v) is 14.8. The van der Waals surface area contributed by atoms with Crippen LogP contribution in [-0.2, 0) is 24.2 Å². The summed E-state index contributed by atoms with van der Waals surface area (Å²) in [5.41, 5.74) is 0.501. The lowest BCUT2D eigenvalue weighted by Gasteiger charge is -2.20. The van der Waals surface area contributed by atoms with Gasteiger partial charge in [0.1, 0.15) is 19.0 Å². The Morgan fingerprint density at radius 2 is 2.08 bits per heavy atom. The molecule has 1 unspecified atom stereocenters. The van der Waals surface area contributed by atoms with E-state index in [4.69, 9.17) is 21.1 Å². The monoisotopic (exact) mass is 378 g/mol. The molecule has 0 bridgehead atoms. The molecule has 0 radical (unpaired) electrons. The minimum absolute atomic E-state index is 0.000383. The molecule has 8 nitrogen and oxygen atoms in total. The maximum Gasteiger partial charge on any atom is 0.343 e. The molecule has 0 fully saturated rings. The fourth-order valence-corrected chi connectivity index (χ4v) is 3.56. The van der Waals surface area contributed by atoms with Gasteiger partial charge in [-0.2, -0.15) is 5.10 Å². The lowest BCUT2D eigenvalue weighted by atomic mass is 10.1. The van der Waals surface area contributed by atoms with Crippen molar-refractivity contribution < 1.29 is 14.3 Å². The van der Waals surface area contributed by atoms with Gasteiger partial charge in [-0.1, -0.05) is 11.6 Å². The highest BCUT2D eigenvalue weighted by Crippen LogP contribution is 2.35. The number of benzene rings is 1. The molecule has 26 heavy (non-hydrogen) atoms. The van der Waals surface area contributed by atoms with Crippen LogP contribution >= 0.6 is 11.6 Å².